The highest BCUT2D eigenvalue weighted by Crippen LogP contribution is 2.45. The van der Waals surface area contributed by atoms with Gasteiger partial charge in [0.15, 0.2) is 0 Å². The maximum atomic E-state index is 4.14. The molecule has 0 bridgehead atoms. The Bertz CT molecular complexity index is 338. The quantitative estimate of drug-likeness (QED) is 0.848. The first-order chi connectivity index (χ1) is 7.86. The van der Waals surface area contributed by atoms with E-state index in [1.807, 2.05) is 0 Å². The minimum atomic E-state index is 0.431. The summed E-state index contributed by atoms with van der Waals surface area (Å²) in [4.78, 5) is 4.14. The molecule has 0 spiro atoms. The highest BCUT2D eigenvalue weighted by molar-refractivity contribution is 4.93. The molecule has 4 nitrogen and oxygen atoms in total. The fraction of sp³-hybridized carbons (Fsp3) is 0.846. The van der Waals surface area contributed by atoms with E-state index in [9.17, 15) is 0 Å². The topological polar surface area (TPSA) is 53.6 Å². The van der Waals surface area contributed by atoms with Crippen molar-refractivity contribution in [2.75, 3.05) is 0 Å². The average Bonchev–Trinajstić information content (AvgIpc) is 2.61. The summed E-state index contributed by atoms with van der Waals surface area (Å²) in [7, 11) is 0. The molecular formula is C13H24N4. The lowest BCUT2D eigenvalue weighted by Crippen LogP contribution is -2.43. The van der Waals surface area contributed by atoms with E-state index in [0.717, 1.165) is 12.4 Å². The van der Waals surface area contributed by atoms with Crippen molar-refractivity contribution in [1.29, 1.82) is 0 Å². The molecule has 0 radical (unpaired) electrons. The first-order valence-corrected chi connectivity index (χ1v) is 6.44. The molecule has 1 aromatic rings. The third kappa shape index (κ3) is 3.53. The summed E-state index contributed by atoms with van der Waals surface area (Å²) < 4.78 is 0. The maximum absolute atomic E-state index is 4.14. The highest BCUT2D eigenvalue weighted by atomic mass is 15.2. The number of rotatable bonds is 3. The van der Waals surface area contributed by atoms with Gasteiger partial charge in [0.05, 0.1) is 6.54 Å². The minimum Gasteiger partial charge on any atom is -0.307 e. The lowest BCUT2D eigenvalue weighted by atomic mass is 9.63. The number of aromatic amines is 1. The Morgan fingerprint density at radius 3 is 2.47 bits per heavy atom. The van der Waals surface area contributed by atoms with E-state index >= 15 is 0 Å². The average molecular weight is 236 g/mol. The summed E-state index contributed by atoms with van der Waals surface area (Å²) in [6.45, 7) is 10.3. The molecule has 0 aliphatic heterocycles. The van der Waals surface area contributed by atoms with Gasteiger partial charge in [0.25, 0.3) is 0 Å². The lowest BCUT2D eigenvalue weighted by Gasteiger charge is -2.45. The Balaban J connectivity index is 1.92. The van der Waals surface area contributed by atoms with Gasteiger partial charge in [-0.3, -0.25) is 5.10 Å². The molecule has 1 heterocycles. The number of hydrogen-bond donors (Lipinski definition) is 2. The lowest BCUT2D eigenvalue weighted by molar-refractivity contribution is 0.0842. The second-order valence-corrected chi connectivity index (χ2v) is 6.92. The van der Waals surface area contributed by atoms with Gasteiger partial charge in [0.2, 0.25) is 0 Å². The largest absolute Gasteiger partial charge is 0.307 e. The second-order valence-electron chi connectivity index (χ2n) is 6.92. The van der Waals surface area contributed by atoms with Gasteiger partial charge < -0.3 is 5.32 Å². The standard InChI is InChI=1S/C13H24N4/c1-12(2)5-10(6-13(3,4)8-12)14-7-11-15-9-16-17-11/h9-10,14H,5-8H2,1-4H3,(H,15,16,17). The zero-order valence-electron chi connectivity index (χ0n) is 11.4. The van der Waals surface area contributed by atoms with E-state index < -0.39 is 0 Å². The van der Waals surface area contributed by atoms with Crippen LogP contribution in [-0.4, -0.2) is 21.2 Å². The Labute approximate surface area is 104 Å². The Hall–Kier alpha value is -0.900. The van der Waals surface area contributed by atoms with Crippen LogP contribution in [0.15, 0.2) is 6.33 Å². The van der Waals surface area contributed by atoms with Gasteiger partial charge in [0, 0.05) is 6.04 Å². The smallest absolute Gasteiger partial charge is 0.138 e. The van der Waals surface area contributed by atoms with Crippen molar-refractivity contribution < 1.29 is 0 Å². The molecule has 96 valence electrons. The van der Waals surface area contributed by atoms with Crippen molar-refractivity contribution in [2.24, 2.45) is 10.8 Å². The molecule has 0 aromatic carbocycles. The van der Waals surface area contributed by atoms with Crippen LogP contribution in [-0.2, 0) is 6.54 Å². The second kappa shape index (κ2) is 4.41. The van der Waals surface area contributed by atoms with E-state index in [-0.39, 0.29) is 0 Å². The van der Waals surface area contributed by atoms with E-state index in [0.29, 0.717) is 16.9 Å². The molecule has 1 aliphatic rings. The summed E-state index contributed by atoms with van der Waals surface area (Å²) >= 11 is 0. The normalized spacial score (nSPS) is 23.8. The van der Waals surface area contributed by atoms with Crippen molar-refractivity contribution in [1.82, 2.24) is 20.5 Å². The fourth-order valence-electron chi connectivity index (χ4n) is 3.55. The fourth-order valence-corrected chi connectivity index (χ4v) is 3.55. The molecule has 2 rings (SSSR count). The van der Waals surface area contributed by atoms with Gasteiger partial charge in [-0.15, -0.1) is 0 Å². The summed E-state index contributed by atoms with van der Waals surface area (Å²) in [5.41, 5.74) is 0.863. The first kappa shape index (κ1) is 12.6. The van der Waals surface area contributed by atoms with Gasteiger partial charge >= 0.3 is 0 Å². The van der Waals surface area contributed by atoms with Gasteiger partial charge in [-0.2, -0.15) is 5.10 Å². The predicted octanol–water partition coefficient (Wildman–Crippen LogP) is 2.50. The van der Waals surface area contributed by atoms with Crippen LogP contribution in [0.25, 0.3) is 0 Å². The summed E-state index contributed by atoms with van der Waals surface area (Å²) in [5, 5.41) is 10.4. The number of hydrogen-bond acceptors (Lipinski definition) is 3. The van der Waals surface area contributed by atoms with Crippen LogP contribution in [0.5, 0.6) is 0 Å². The molecule has 17 heavy (non-hydrogen) atoms. The van der Waals surface area contributed by atoms with Crippen molar-refractivity contribution in [3.63, 3.8) is 0 Å². The van der Waals surface area contributed by atoms with E-state index in [4.69, 9.17) is 0 Å². The van der Waals surface area contributed by atoms with Crippen molar-refractivity contribution in [3.8, 4) is 0 Å². The first-order valence-electron chi connectivity index (χ1n) is 6.44. The predicted molar refractivity (Wildman–Crippen MR) is 68.4 cm³/mol. The van der Waals surface area contributed by atoms with E-state index in [1.54, 1.807) is 6.33 Å². The molecular weight excluding hydrogens is 212 g/mol. The third-order valence-electron chi connectivity index (χ3n) is 3.58. The van der Waals surface area contributed by atoms with Crippen molar-refractivity contribution in [2.45, 2.75) is 59.5 Å². The van der Waals surface area contributed by atoms with Gasteiger partial charge in [-0.05, 0) is 30.1 Å². The maximum Gasteiger partial charge on any atom is 0.138 e. The van der Waals surface area contributed by atoms with Gasteiger partial charge in [0.1, 0.15) is 12.2 Å². The van der Waals surface area contributed by atoms with Crippen LogP contribution < -0.4 is 5.32 Å². The monoisotopic (exact) mass is 236 g/mol. The van der Waals surface area contributed by atoms with Gasteiger partial charge in [-0.1, -0.05) is 27.7 Å². The van der Waals surface area contributed by atoms with E-state index in [1.165, 1.54) is 19.3 Å². The molecule has 1 fully saturated rings. The molecule has 1 aromatic heterocycles. The van der Waals surface area contributed by atoms with Crippen LogP contribution in [0.2, 0.25) is 0 Å². The Kier molecular flexibility index (Phi) is 3.25. The SMILES string of the molecule is CC1(C)CC(NCc2ncn[nH]2)CC(C)(C)C1. The Morgan fingerprint density at radius 2 is 1.94 bits per heavy atom. The van der Waals surface area contributed by atoms with Crippen molar-refractivity contribution >= 4 is 0 Å². The number of nitrogens with zero attached hydrogens (tertiary/aromatic N) is 2. The summed E-state index contributed by atoms with van der Waals surface area (Å²) in [5.74, 6) is 0.922. The minimum absolute atomic E-state index is 0.431. The van der Waals surface area contributed by atoms with Crippen molar-refractivity contribution in [3.05, 3.63) is 12.2 Å². The molecule has 1 aliphatic carbocycles. The zero-order valence-corrected chi connectivity index (χ0v) is 11.4. The molecule has 0 amide bonds. The molecule has 2 N–H and O–H groups in total. The molecule has 0 unspecified atom stereocenters. The van der Waals surface area contributed by atoms with Crippen LogP contribution in [0, 0.1) is 10.8 Å². The molecule has 0 atom stereocenters. The van der Waals surface area contributed by atoms with Crippen LogP contribution in [0.1, 0.15) is 52.8 Å². The van der Waals surface area contributed by atoms with Crippen LogP contribution in [0.4, 0.5) is 0 Å². The van der Waals surface area contributed by atoms with E-state index in [2.05, 4.69) is 48.2 Å². The van der Waals surface area contributed by atoms with Gasteiger partial charge in [-0.25, -0.2) is 4.98 Å². The third-order valence-corrected chi connectivity index (χ3v) is 3.58. The Morgan fingerprint density at radius 1 is 1.29 bits per heavy atom. The van der Waals surface area contributed by atoms with Crippen LogP contribution in [0.3, 0.4) is 0 Å². The highest BCUT2D eigenvalue weighted by Gasteiger charge is 2.38. The zero-order chi connectivity index (χ0) is 12.5. The summed E-state index contributed by atoms with van der Waals surface area (Å²) in [6.07, 6.45) is 5.35. The number of aromatic nitrogens is 3. The molecule has 4 heteroatoms. The van der Waals surface area contributed by atoms with Crippen LogP contribution >= 0.6 is 0 Å². The molecule has 1 saturated carbocycles. The summed E-state index contributed by atoms with van der Waals surface area (Å²) in [6, 6.07) is 0.582. The molecule has 0 saturated heterocycles. The number of H-pyrrole nitrogens is 1. The number of nitrogens with one attached hydrogen (secondary N) is 2.